The van der Waals surface area contributed by atoms with Gasteiger partial charge in [0.2, 0.25) is 0 Å². The summed E-state index contributed by atoms with van der Waals surface area (Å²) in [6.45, 7) is -8.75. The van der Waals surface area contributed by atoms with E-state index in [4.69, 9.17) is 16.4 Å². The van der Waals surface area contributed by atoms with Crippen molar-refractivity contribution in [3.05, 3.63) is 48.1 Å². The SMILES string of the molecule is [2H]c1c(C([2H])([2H])n2cncn2)c([2H])c2c(C([2H])([2H])C([2H])([2H])NC([2H])([2H])[2H])c[nH]c2c1[2H]. The van der Waals surface area contributed by atoms with Crippen molar-refractivity contribution in [3.63, 3.8) is 0 Å². The molecule has 2 heterocycles. The zero-order valence-electron chi connectivity index (χ0n) is 21.6. The third-order valence-corrected chi connectivity index (χ3v) is 2.35. The van der Waals surface area contributed by atoms with E-state index in [0.29, 0.717) is 0 Å². The molecule has 0 radical (unpaired) electrons. The fourth-order valence-electron chi connectivity index (χ4n) is 1.57. The minimum atomic E-state index is -3.13. The van der Waals surface area contributed by atoms with Crippen molar-refractivity contribution in [1.82, 2.24) is 25.1 Å². The minimum Gasteiger partial charge on any atom is -0.361 e. The van der Waals surface area contributed by atoms with Gasteiger partial charge in [0, 0.05) is 26.7 Å². The zero-order valence-corrected chi connectivity index (χ0v) is 9.57. The van der Waals surface area contributed by atoms with Crippen molar-refractivity contribution < 1.29 is 16.4 Å². The number of aromatic amines is 1. The van der Waals surface area contributed by atoms with Crippen LogP contribution in [0.1, 0.15) is 27.6 Å². The van der Waals surface area contributed by atoms with E-state index in [1.54, 1.807) is 5.32 Å². The first-order valence-electron chi connectivity index (χ1n) is 11.3. The summed E-state index contributed by atoms with van der Waals surface area (Å²) >= 11 is 0. The lowest BCUT2D eigenvalue weighted by atomic mass is 10.1. The highest BCUT2D eigenvalue weighted by atomic mass is 15.3. The van der Waals surface area contributed by atoms with Crippen LogP contribution < -0.4 is 5.32 Å². The second kappa shape index (κ2) is 5.24. The lowest BCUT2D eigenvalue weighted by Crippen LogP contribution is -2.09. The molecule has 0 aliphatic rings. The first-order chi connectivity index (χ1) is 14.0. The predicted molar refractivity (Wildman–Crippen MR) is 75.1 cm³/mol. The molecule has 0 aliphatic carbocycles. The molecule has 3 aromatic rings. The molecule has 1 aromatic carbocycles. The molecule has 5 heteroatoms. The van der Waals surface area contributed by atoms with Crippen molar-refractivity contribution in [2.45, 2.75) is 12.9 Å². The average Bonchev–Trinajstić information content (AvgIpc) is 3.27. The number of aryl methyl sites for hydroxylation is 1. The van der Waals surface area contributed by atoms with Crippen LogP contribution in [0.3, 0.4) is 0 Å². The number of nitrogens with one attached hydrogen (secondary N) is 2. The Kier molecular flexibility index (Phi) is 1.23. The van der Waals surface area contributed by atoms with E-state index in [-0.39, 0.29) is 10.9 Å². The van der Waals surface area contributed by atoms with Gasteiger partial charge in [0.25, 0.3) is 0 Å². The number of benzene rings is 1. The average molecular weight is 267 g/mol. The summed E-state index contributed by atoms with van der Waals surface area (Å²) in [6, 6.07) is -1.85. The molecule has 0 spiro atoms. The van der Waals surface area contributed by atoms with E-state index in [1.807, 2.05) is 0 Å². The Morgan fingerprint density at radius 1 is 1.58 bits per heavy atom. The minimum absolute atomic E-state index is 0.184. The molecule has 0 atom stereocenters. The number of aromatic nitrogens is 4. The van der Waals surface area contributed by atoms with Gasteiger partial charge < -0.3 is 10.3 Å². The number of rotatable bonds is 5. The summed E-state index contributed by atoms with van der Waals surface area (Å²) < 4.78 is 96.4. The molecule has 0 bridgehead atoms. The van der Waals surface area contributed by atoms with E-state index >= 15 is 0 Å². The lowest BCUT2D eigenvalue weighted by Gasteiger charge is -2.03. The molecule has 0 saturated heterocycles. The summed E-state index contributed by atoms with van der Waals surface area (Å²) in [4.78, 5) is 6.17. The van der Waals surface area contributed by atoms with Crippen LogP contribution in [0, 0.1) is 0 Å². The summed E-state index contributed by atoms with van der Waals surface area (Å²) in [5.41, 5.74) is -1.29. The number of fused-ring (bicyclic) bond motifs is 1. The molecule has 0 fully saturated rings. The molecule has 2 aromatic heterocycles. The fourth-order valence-corrected chi connectivity index (χ4v) is 1.57. The Hall–Kier alpha value is -2.14. The molecule has 0 amide bonds. The highest BCUT2D eigenvalue weighted by molar-refractivity contribution is 5.83. The number of hydrogen-bond donors (Lipinski definition) is 2. The maximum absolute atomic E-state index is 8.51. The Labute approximate surface area is 128 Å². The standard InChI is InChI=1S/C14H17N5/c1-15-5-4-12-7-17-14-3-2-11(6-13(12)14)8-19-10-16-9-18-19/h2-3,6-7,9-10,15,17H,4-5,8H2,1H3/i1D3,2D,3D,4D2,5D2,6D,8D2. The van der Waals surface area contributed by atoms with Gasteiger partial charge in [0.1, 0.15) is 12.7 Å². The fraction of sp³-hybridized carbons (Fsp3) is 0.286. The molecular weight excluding hydrogens is 238 g/mol. The third-order valence-electron chi connectivity index (χ3n) is 2.35. The molecule has 0 saturated carbocycles. The van der Waals surface area contributed by atoms with Gasteiger partial charge in [-0.2, -0.15) is 5.10 Å². The van der Waals surface area contributed by atoms with Crippen molar-refractivity contribution >= 4 is 10.9 Å². The van der Waals surface area contributed by atoms with Crippen LogP contribution in [0.25, 0.3) is 10.9 Å². The molecule has 19 heavy (non-hydrogen) atoms. The van der Waals surface area contributed by atoms with Gasteiger partial charge in [-0.25, -0.2) is 9.67 Å². The normalized spacial score (nSPS) is 23.4. The van der Waals surface area contributed by atoms with Gasteiger partial charge >= 0.3 is 0 Å². The van der Waals surface area contributed by atoms with Gasteiger partial charge in [0.05, 0.1) is 13.4 Å². The molecule has 0 aliphatic heterocycles. The van der Waals surface area contributed by atoms with Gasteiger partial charge in [0.15, 0.2) is 0 Å². The maximum Gasteiger partial charge on any atom is 0.137 e. The molecule has 3 rings (SSSR count). The van der Waals surface area contributed by atoms with E-state index in [9.17, 15) is 0 Å². The Balaban J connectivity index is 2.32. The molecular formula is C14H17N5. The Morgan fingerprint density at radius 2 is 2.58 bits per heavy atom. The highest BCUT2D eigenvalue weighted by Crippen LogP contribution is 2.20. The van der Waals surface area contributed by atoms with Crippen molar-refractivity contribution in [2.24, 2.45) is 0 Å². The van der Waals surface area contributed by atoms with Gasteiger partial charge in [-0.1, -0.05) is 6.04 Å². The summed E-state index contributed by atoms with van der Waals surface area (Å²) in [7, 11) is 0. The van der Waals surface area contributed by atoms with Crippen molar-refractivity contribution in [3.8, 4) is 0 Å². The summed E-state index contributed by atoms with van der Waals surface area (Å²) in [5, 5.41) is 4.94. The maximum atomic E-state index is 8.51. The largest absolute Gasteiger partial charge is 0.361 e. The number of likely N-dealkylation sites (N-methyl/N-ethyl adjacent to an activating group) is 1. The van der Waals surface area contributed by atoms with Crippen LogP contribution in [0.2, 0.25) is 0 Å². The predicted octanol–water partition coefficient (Wildman–Crippen LogP) is 1.57. The van der Waals surface area contributed by atoms with Crippen molar-refractivity contribution in [1.29, 1.82) is 0 Å². The van der Waals surface area contributed by atoms with Gasteiger partial charge in [-0.15, -0.1) is 0 Å². The summed E-state index contributed by atoms with van der Waals surface area (Å²) in [6.07, 6.45) is 0.0141. The van der Waals surface area contributed by atoms with E-state index in [1.165, 1.54) is 0 Å². The monoisotopic (exact) mass is 267 g/mol. The van der Waals surface area contributed by atoms with Crippen LogP contribution >= 0.6 is 0 Å². The highest BCUT2D eigenvalue weighted by Gasteiger charge is 2.05. The van der Waals surface area contributed by atoms with E-state index < -0.39 is 55.6 Å². The van der Waals surface area contributed by atoms with E-state index in [0.717, 1.165) is 23.5 Å². The van der Waals surface area contributed by atoms with Crippen LogP contribution in [0.5, 0.6) is 0 Å². The van der Waals surface area contributed by atoms with Crippen LogP contribution in [0.15, 0.2) is 37.0 Å². The van der Waals surface area contributed by atoms with Gasteiger partial charge in [-0.3, -0.25) is 0 Å². The molecule has 5 nitrogen and oxygen atoms in total. The first kappa shape index (κ1) is 4.45. The number of nitrogens with zero attached hydrogens (tertiary/aromatic N) is 3. The van der Waals surface area contributed by atoms with Crippen LogP contribution in [-0.2, 0) is 12.9 Å². The Bertz CT molecular complexity index is 1120. The van der Waals surface area contributed by atoms with E-state index in [2.05, 4.69) is 15.1 Å². The number of hydrogen-bond acceptors (Lipinski definition) is 3. The second-order valence-corrected chi connectivity index (χ2v) is 3.53. The van der Waals surface area contributed by atoms with Crippen LogP contribution in [0.4, 0.5) is 0 Å². The third kappa shape index (κ3) is 2.51. The Morgan fingerprint density at radius 3 is 3.42 bits per heavy atom. The summed E-state index contributed by atoms with van der Waals surface area (Å²) in [5.74, 6) is 0. The van der Waals surface area contributed by atoms with Crippen LogP contribution in [-0.4, -0.2) is 33.2 Å². The second-order valence-electron chi connectivity index (χ2n) is 3.53. The number of H-pyrrole nitrogens is 1. The molecule has 2 N–H and O–H groups in total. The first-order valence-corrected chi connectivity index (χ1v) is 5.28. The topological polar surface area (TPSA) is 58.5 Å². The van der Waals surface area contributed by atoms with Crippen molar-refractivity contribution in [2.75, 3.05) is 13.5 Å². The lowest BCUT2D eigenvalue weighted by molar-refractivity contribution is 0.685. The zero-order chi connectivity index (χ0) is 23.6. The van der Waals surface area contributed by atoms with Gasteiger partial charge in [-0.05, 0) is 43.1 Å². The molecule has 0 unspecified atom stereocenters. The molecule has 98 valence electrons. The quantitative estimate of drug-likeness (QED) is 0.738. The smallest absolute Gasteiger partial charge is 0.137 e.